The Morgan fingerprint density at radius 1 is 1.50 bits per heavy atom. The predicted molar refractivity (Wildman–Crippen MR) is 85.9 cm³/mol. The molecule has 0 aliphatic heterocycles. The first-order chi connectivity index (χ1) is 9.54. The van der Waals surface area contributed by atoms with Gasteiger partial charge in [0.25, 0.3) is 5.56 Å². The first-order valence-corrected chi connectivity index (χ1v) is 7.72. The van der Waals surface area contributed by atoms with E-state index in [2.05, 4.69) is 43.1 Å². The summed E-state index contributed by atoms with van der Waals surface area (Å²) in [6, 6.07) is 5.78. The van der Waals surface area contributed by atoms with Crippen molar-refractivity contribution in [3.05, 3.63) is 43.9 Å². The Balaban J connectivity index is 1.94. The van der Waals surface area contributed by atoms with Crippen molar-refractivity contribution >= 4 is 45.9 Å². The molecule has 0 aliphatic rings. The molecule has 104 valence electrons. The van der Waals surface area contributed by atoms with Gasteiger partial charge in [0.05, 0.1) is 5.75 Å². The van der Waals surface area contributed by atoms with E-state index in [1.165, 1.54) is 0 Å². The number of anilines is 1. The van der Waals surface area contributed by atoms with Gasteiger partial charge in [-0.25, -0.2) is 0 Å². The monoisotopic (exact) mass is 402 g/mol. The summed E-state index contributed by atoms with van der Waals surface area (Å²) < 4.78 is 1.12. The Morgan fingerprint density at radius 2 is 2.30 bits per heavy atom. The number of aryl methyl sites for hydroxylation is 1. The van der Waals surface area contributed by atoms with Gasteiger partial charge in [0, 0.05) is 9.26 Å². The number of hydrogen-bond donors (Lipinski definition) is 2. The summed E-state index contributed by atoms with van der Waals surface area (Å²) in [6.07, 6.45) is 1.08. The number of hydrogen-bond acceptors (Lipinski definition) is 5. The number of rotatable bonds is 4. The molecule has 0 fully saturated rings. The number of nitrogens with zero attached hydrogens (tertiary/aromatic N) is 2. The SMILES string of the molecule is Cc1cc(I)ccc1NC(=O)CSc1nncc(=O)[nH]1. The molecule has 0 aliphatic carbocycles. The smallest absolute Gasteiger partial charge is 0.270 e. The maximum Gasteiger partial charge on any atom is 0.270 e. The van der Waals surface area contributed by atoms with Gasteiger partial charge in [-0.2, -0.15) is 5.10 Å². The van der Waals surface area contributed by atoms with Gasteiger partial charge in [0.15, 0.2) is 5.16 Å². The van der Waals surface area contributed by atoms with E-state index in [0.29, 0.717) is 5.16 Å². The number of halogens is 1. The number of amides is 1. The van der Waals surface area contributed by atoms with Crippen LogP contribution in [0.3, 0.4) is 0 Å². The lowest BCUT2D eigenvalue weighted by Crippen LogP contribution is -2.16. The van der Waals surface area contributed by atoms with Crippen molar-refractivity contribution in [2.45, 2.75) is 12.1 Å². The maximum absolute atomic E-state index is 11.8. The number of benzene rings is 1. The van der Waals surface area contributed by atoms with Crippen LogP contribution in [-0.4, -0.2) is 26.8 Å². The number of carbonyl (C=O) groups excluding carboxylic acids is 1. The van der Waals surface area contributed by atoms with Crippen molar-refractivity contribution in [2.24, 2.45) is 0 Å². The van der Waals surface area contributed by atoms with Gasteiger partial charge < -0.3 is 5.32 Å². The number of carbonyl (C=O) groups is 1. The van der Waals surface area contributed by atoms with Crippen LogP contribution in [0.4, 0.5) is 5.69 Å². The highest BCUT2D eigenvalue weighted by Gasteiger charge is 2.07. The number of H-pyrrole nitrogens is 1. The van der Waals surface area contributed by atoms with E-state index in [4.69, 9.17) is 0 Å². The Morgan fingerprint density at radius 3 is 3.00 bits per heavy atom. The Hall–Kier alpha value is -1.42. The summed E-state index contributed by atoms with van der Waals surface area (Å²) in [4.78, 5) is 25.4. The minimum absolute atomic E-state index is 0.153. The van der Waals surface area contributed by atoms with E-state index in [1.54, 1.807) is 0 Å². The van der Waals surface area contributed by atoms with Crippen molar-refractivity contribution in [2.75, 3.05) is 11.1 Å². The molecule has 0 radical (unpaired) electrons. The number of nitrogens with one attached hydrogen (secondary N) is 2. The summed E-state index contributed by atoms with van der Waals surface area (Å²) in [5, 5.41) is 10.4. The van der Waals surface area contributed by atoms with Crippen LogP contribution in [0.15, 0.2) is 34.3 Å². The standard InChI is InChI=1S/C12H11IN4O2S/c1-7-4-8(13)2-3-9(7)15-11(19)6-20-12-16-10(18)5-14-17-12/h2-5H,6H2,1H3,(H,15,19)(H,16,17,18). The molecule has 0 atom stereocenters. The van der Waals surface area contributed by atoms with Gasteiger partial charge >= 0.3 is 0 Å². The number of aromatic amines is 1. The first kappa shape index (κ1) is 15.0. The quantitative estimate of drug-likeness (QED) is 0.602. The second-order valence-corrected chi connectivity index (χ2v) is 6.14. The molecule has 1 aromatic heterocycles. The molecule has 2 rings (SSSR count). The van der Waals surface area contributed by atoms with Gasteiger partial charge in [-0.3, -0.25) is 14.6 Å². The van der Waals surface area contributed by atoms with Crippen LogP contribution < -0.4 is 10.9 Å². The van der Waals surface area contributed by atoms with Gasteiger partial charge in [-0.05, 0) is 53.3 Å². The van der Waals surface area contributed by atoms with Crippen molar-refractivity contribution in [3.63, 3.8) is 0 Å². The van der Waals surface area contributed by atoms with Crippen molar-refractivity contribution in [1.82, 2.24) is 15.2 Å². The molecule has 8 heteroatoms. The third kappa shape index (κ3) is 4.30. The van der Waals surface area contributed by atoms with Crippen LogP contribution >= 0.6 is 34.4 Å². The summed E-state index contributed by atoms with van der Waals surface area (Å²) in [7, 11) is 0. The predicted octanol–water partition coefficient (Wildman–Crippen LogP) is 1.81. The molecule has 0 unspecified atom stereocenters. The minimum Gasteiger partial charge on any atom is -0.325 e. The van der Waals surface area contributed by atoms with Crippen LogP contribution in [0.25, 0.3) is 0 Å². The van der Waals surface area contributed by atoms with Crippen molar-refractivity contribution in [3.8, 4) is 0 Å². The fourth-order valence-corrected chi connectivity index (χ4v) is 2.71. The lowest BCUT2D eigenvalue weighted by molar-refractivity contribution is -0.113. The van der Waals surface area contributed by atoms with E-state index in [-0.39, 0.29) is 17.2 Å². The highest BCUT2D eigenvalue weighted by Crippen LogP contribution is 2.18. The Labute approximate surface area is 132 Å². The van der Waals surface area contributed by atoms with E-state index in [1.807, 2.05) is 25.1 Å². The first-order valence-electron chi connectivity index (χ1n) is 5.65. The van der Waals surface area contributed by atoms with E-state index < -0.39 is 0 Å². The zero-order chi connectivity index (χ0) is 14.5. The lowest BCUT2D eigenvalue weighted by atomic mass is 10.2. The molecule has 2 N–H and O–H groups in total. The molecule has 0 spiro atoms. The van der Waals surface area contributed by atoms with Crippen LogP contribution in [0.1, 0.15) is 5.56 Å². The normalized spacial score (nSPS) is 10.3. The Kier molecular flexibility index (Phi) is 5.12. The lowest BCUT2D eigenvalue weighted by Gasteiger charge is -2.08. The fourth-order valence-electron chi connectivity index (χ4n) is 1.45. The molecule has 20 heavy (non-hydrogen) atoms. The second-order valence-electron chi connectivity index (χ2n) is 3.94. The summed E-state index contributed by atoms with van der Waals surface area (Å²) in [5.41, 5.74) is 1.45. The Bertz CT molecular complexity index is 689. The third-order valence-electron chi connectivity index (χ3n) is 2.36. The van der Waals surface area contributed by atoms with E-state index in [9.17, 15) is 9.59 Å². The molecule has 1 aromatic carbocycles. The molecule has 1 heterocycles. The third-order valence-corrected chi connectivity index (χ3v) is 3.89. The van der Waals surface area contributed by atoms with Crippen LogP contribution in [-0.2, 0) is 4.79 Å². The van der Waals surface area contributed by atoms with Gasteiger partial charge in [-0.15, -0.1) is 5.10 Å². The molecular formula is C12H11IN4O2S. The summed E-state index contributed by atoms with van der Waals surface area (Å²) in [6.45, 7) is 1.94. The highest BCUT2D eigenvalue weighted by atomic mass is 127. The average Bonchev–Trinajstić information content (AvgIpc) is 2.40. The topological polar surface area (TPSA) is 87.7 Å². The molecule has 0 saturated carbocycles. The van der Waals surface area contributed by atoms with Crippen LogP contribution in [0.2, 0.25) is 0 Å². The molecule has 2 aromatic rings. The van der Waals surface area contributed by atoms with Gasteiger partial charge in [0.1, 0.15) is 6.20 Å². The van der Waals surface area contributed by atoms with Crippen molar-refractivity contribution in [1.29, 1.82) is 0 Å². The van der Waals surface area contributed by atoms with E-state index >= 15 is 0 Å². The maximum atomic E-state index is 11.8. The van der Waals surface area contributed by atoms with E-state index in [0.717, 1.165) is 32.8 Å². The van der Waals surface area contributed by atoms with Gasteiger partial charge in [0.2, 0.25) is 5.91 Å². The van der Waals surface area contributed by atoms with Crippen LogP contribution in [0.5, 0.6) is 0 Å². The largest absolute Gasteiger partial charge is 0.325 e. The minimum atomic E-state index is -0.337. The summed E-state index contributed by atoms with van der Waals surface area (Å²) in [5.74, 6) is -0.00845. The van der Waals surface area contributed by atoms with Gasteiger partial charge in [-0.1, -0.05) is 11.8 Å². The van der Waals surface area contributed by atoms with Crippen molar-refractivity contribution < 1.29 is 4.79 Å². The molecular weight excluding hydrogens is 391 g/mol. The van der Waals surface area contributed by atoms with Crippen LogP contribution in [0, 0.1) is 10.5 Å². The zero-order valence-electron chi connectivity index (χ0n) is 10.5. The fraction of sp³-hybridized carbons (Fsp3) is 0.167. The highest BCUT2D eigenvalue weighted by molar-refractivity contribution is 14.1. The number of aromatic nitrogens is 3. The molecule has 6 nitrogen and oxygen atoms in total. The average molecular weight is 402 g/mol. The second kappa shape index (κ2) is 6.84. The molecule has 1 amide bonds. The molecule has 0 saturated heterocycles. The molecule has 0 bridgehead atoms. The zero-order valence-corrected chi connectivity index (χ0v) is 13.5. The number of thioether (sulfide) groups is 1. The summed E-state index contributed by atoms with van der Waals surface area (Å²) >= 11 is 3.35.